The van der Waals surface area contributed by atoms with Gasteiger partial charge in [0.1, 0.15) is 0 Å². The minimum absolute atomic E-state index is 0.280. The predicted molar refractivity (Wildman–Crippen MR) is 112 cm³/mol. The van der Waals surface area contributed by atoms with Crippen molar-refractivity contribution < 1.29 is 14.2 Å². The molecule has 0 spiro atoms. The Balaban J connectivity index is 1.40. The lowest BCUT2D eigenvalue weighted by Crippen LogP contribution is -2.38. The number of rotatable bonds is 9. The molecule has 0 radical (unpaired) electrons. The molecule has 1 aromatic rings. The second-order valence-corrected chi connectivity index (χ2v) is 7.10. The first-order valence-corrected chi connectivity index (χ1v) is 10.5. The Morgan fingerprint density at radius 1 is 1.14 bits per heavy atom. The molecule has 0 amide bonds. The molecule has 0 saturated carbocycles. The first-order chi connectivity index (χ1) is 13.8. The number of anilines is 1. The van der Waals surface area contributed by atoms with E-state index in [2.05, 4.69) is 46.7 Å². The van der Waals surface area contributed by atoms with Crippen molar-refractivity contribution in [3.05, 3.63) is 29.8 Å². The Labute approximate surface area is 168 Å². The number of guanidine groups is 1. The van der Waals surface area contributed by atoms with Gasteiger partial charge in [-0.1, -0.05) is 12.1 Å². The second kappa shape index (κ2) is 11.9. The molecule has 7 nitrogen and oxygen atoms in total. The van der Waals surface area contributed by atoms with Crippen LogP contribution >= 0.6 is 0 Å². The first kappa shape index (κ1) is 20.9. The summed E-state index contributed by atoms with van der Waals surface area (Å²) in [6.07, 6.45) is 2.25. The van der Waals surface area contributed by atoms with E-state index in [0.717, 1.165) is 78.0 Å². The molecule has 2 fully saturated rings. The van der Waals surface area contributed by atoms with Gasteiger partial charge in [0.05, 0.1) is 32.5 Å². The van der Waals surface area contributed by atoms with E-state index in [0.29, 0.717) is 6.54 Å². The first-order valence-electron chi connectivity index (χ1n) is 10.5. The van der Waals surface area contributed by atoms with Crippen molar-refractivity contribution in [2.75, 3.05) is 64.1 Å². The maximum atomic E-state index is 5.80. The summed E-state index contributed by atoms with van der Waals surface area (Å²) in [6.45, 7) is 10.3. The van der Waals surface area contributed by atoms with Crippen LogP contribution in [0.15, 0.2) is 29.3 Å². The van der Waals surface area contributed by atoms with Gasteiger partial charge >= 0.3 is 0 Å². The summed E-state index contributed by atoms with van der Waals surface area (Å²) in [6, 6.07) is 8.69. The number of benzene rings is 1. The van der Waals surface area contributed by atoms with E-state index in [1.165, 1.54) is 11.3 Å². The number of ether oxygens (including phenoxy) is 3. The SMILES string of the molecule is CCNC(=NCc1ccc(N2CCOCC2)cc1)NCCCOC1CCOC1. The summed E-state index contributed by atoms with van der Waals surface area (Å²) in [4.78, 5) is 7.06. The molecule has 1 unspecified atom stereocenters. The quantitative estimate of drug-likeness (QED) is 0.381. The van der Waals surface area contributed by atoms with Gasteiger partial charge in [-0.15, -0.1) is 0 Å². The summed E-state index contributed by atoms with van der Waals surface area (Å²) in [5.41, 5.74) is 2.47. The lowest BCUT2D eigenvalue weighted by Gasteiger charge is -2.28. The number of hydrogen-bond acceptors (Lipinski definition) is 5. The molecule has 1 atom stereocenters. The number of hydrogen-bond donors (Lipinski definition) is 2. The molecule has 2 aliphatic heterocycles. The van der Waals surface area contributed by atoms with E-state index in [9.17, 15) is 0 Å². The smallest absolute Gasteiger partial charge is 0.191 e. The van der Waals surface area contributed by atoms with Crippen molar-refractivity contribution in [3.8, 4) is 0 Å². The molecule has 7 heteroatoms. The van der Waals surface area contributed by atoms with Crippen LogP contribution in [0.1, 0.15) is 25.3 Å². The molecule has 2 heterocycles. The van der Waals surface area contributed by atoms with Crippen molar-refractivity contribution in [3.63, 3.8) is 0 Å². The zero-order valence-electron chi connectivity index (χ0n) is 17.0. The molecule has 1 aromatic carbocycles. The third kappa shape index (κ3) is 6.96. The molecule has 28 heavy (non-hydrogen) atoms. The predicted octanol–water partition coefficient (Wildman–Crippen LogP) is 1.77. The Hall–Kier alpha value is -1.83. The van der Waals surface area contributed by atoms with E-state index in [1.807, 2.05) is 0 Å². The second-order valence-electron chi connectivity index (χ2n) is 7.10. The van der Waals surface area contributed by atoms with Crippen molar-refractivity contribution in [2.24, 2.45) is 4.99 Å². The van der Waals surface area contributed by atoms with E-state index in [-0.39, 0.29) is 6.10 Å². The highest BCUT2D eigenvalue weighted by molar-refractivity contribution is 5.79. The third-order valence-corrected chi connectivity index (χ3v) is 4.93. The maximum absolute atomic E-state index is 5.80. The van der Waals surface area contributed by atoms with Crippen LogP contribution in [0.25, 0.3) is 0 Å². The average Bonchev–Trinajstić information content (AvgIpc) is 3.26. The third-order valence-electron chi connectivity index (χ3n) is 4.93. The van der Waals surface area contributed by atoms with Gasteiger partial charge < -0.3 is 29.7 Å². The topological polar surface area (TPSA) is 67.4 Å². The highest BCUT2D eigenvalue weighted by atomic mass is 16.5. The molecule has 156 valence electrons. The zero-order valence-corrected chi connectivity index (χ0v) is 17.0. The Morgan fingerprint density at radius 3 is 2.68 bits per heavy atom. The minimum Gasteiger partial charge on any atom is -0.379 e. The maximum Gasteiger partial charge on any atom is 0.191 e. The van der Waals surface area contributed by atoms with Gasteiger partial charge in [0.2, 0.25) is 0 Å². The van der Waals surface area contributed by atoms with Crippen LogP contribution in [-0.4, -0.2) is 71.3 Å². The van der Waals surface area contributed by atoms with Crippen LogP contribution in [-0.2, 0) is 20.8 Å². The highest BCUT2D eigenvalue weighted by Crippen LogP contribution is 2.17. The van der Waals surface area contributed by atoms with Gasteiger partial charge in [-0.05, 0) is 37.5 Å². The van der Waals surface area contributed by atoms with Gasteiger partial charge in [0.15, 0.2) is 5.96 Å². The summed E-state index contributed by atoms with van der Waals surface area (Å²) in [5.74, 6) is 0.851. The Morgan fingerprint density at radius 2 is 1.96 bits per heavy atom. The Kier molecular flexibility index (Phi) is 8.87. The van der Waals surface area contributed by atoms with Gasteiger partial charge in [-0.25, -0.2) is 4.99 Å². The van der Waals surface area contributed by atoms with Crippen LogP contribution in [0, 0.1) is 0 Å². The fraction of sp³-hybridized carbons (Fsp3) is 0.667. The van der Waals surface area contributed by atoms with Gasteiger partial charge in [0, 0.05) is 45.1 Å². The van der Waals surface area contributed by atoms with Crippen molar-refractivity contribution in [2.45, 2.75) is 32.4 Å². The molecule has 0 aliphatic carbocycles. The van der Waals surface area contributed by atoms with Crippen LogP contribution in [0.5, 0.6) is 0 Å². The largest absolute Gasteiger partial charge is 0.379 e. The van der Waals surface area contributed by atoms with Crippen molar-refractivity contribution in [1.82, 2.24) is 10.6 Å². The van der Waals surface area contributed by atoms with Gasteiger partial charge in [-0.2, -0.15) is 0 Å². The zero-order chi connectivity index (χ0) is 19.4. The normalized spacial score (nSPS) is 20.4. The van der Waals surface area contributed by atoms with Gasteiger partial charge in [-0.3, -0.25) is 0 Å². The Bertz CT molecular complexity index is 582. The number of morpholine rings is 1. The lowest BCUT2D eigenvalue weighted by atomic mass is 10.2. The summed E-state index contributed by atoms with van der Waals surface area (Å²) >= 11 is 0. The average molecular weight is 391 g/mol. The number of nitrogens with zero attached hydrogens (tertiary/aromatic N) is 2. The van der Waals surface area contributed by atoms with E-state index in [1.54, 1.807) is 0 Å². The molecule has 3 rings (SSSR count). The molecular weight excluding hydrogens is 356 g/mol. The molecule has 2 aliphatic rings. The van der Waals surface area contributed by atoms with Gasteiger partial charge in [0.25, 0.3) is 0 Å². The molecule has 0 bridgehead atoms. The van der Waals surface area contributed by atoms with Crippen LogP contribution in [0.4, 0.5) is 5.69 Å². The van der Waals surface area contributed by atoms with Crippen molar-refractivity contribution in [1.29, 1.82) is 0 Å². The molecule has 2 N–H and O–H groups in total. The summed E-state index contributed by atoms with van der Waals surface area (Å²) in [7, 11) is 0. The van der Waals surface area contributed by atoms with Crippen molar-refractivity contribution >= 4 is 11.6 Å². The molecular formula is C21H34N4O3. The van der Waals surface area contributed by atoms with E-state index >= 15 is 0 Å². The number of nitrogens with one attached hydrogen (secondary N) is 2. The minimum atomic E-state index is 0.280. The standard InChI is InChI=1S/C21H34N4O3/c1-2-22-21(23-9-3-12-28-20-8-13-27-17-20)24-16-18-4-6-19(7-5-18)25-10-14-26-15-11-25/h4-7,20H,2-3,8-17H2,1H3,(H2,22,23,24). The summed E-state index contributed by atoms with van der Waals surface area (Å²) in [5, 5.41) is 6.69. The lowest BCUT2D eigenvalue weighted by molar-refractivity contribution is 0.0420. The molecule has 2 saturated heterocycles. The summed E-state index contributed by atoms with van der Waals surface area (Å²) < 4.78 is 16.5. The van der Waals surface area contributed by atoms with Crippen LogP contribution in [0.3, 0.4) is 0 Å². The monoisotopic (exact) mass is 390 g/mol. The van der Waals surface area contributed by atoms with Crippen LogP contribution in [0.2, 0.25) is 0 Å². The van der Waals surface area contributed by atoms with Crippen LogP contribution < -0.4 is 15.5 Å². The fourth-order valence-corrected chi connectivity index (χ4v) is 3.32. The fourth-order valence-electron chi connectivity index (χ4n) is 3.32. The van der Waals surface area contributed by atoms with E-state index in [4.69, 9.17) is 19.2 Å². The molecule has 0 aromatic heterocycles. The van der Waals surface area contributed by atoms with E-state index < -0.39 is 0 Å². The highest BCUT2D eigenvalue weighted by Gasteiger charge is 2.15. The number of aliphatic imine (C=N–C) groups is 1.